The van der Waals surface area contributed by atoms with Gasteiger partial charge in [-0.1, -0.05) is 30.3 Å². The Morgan fingerprint density at radius 3 is 2.46 bits per heavy atom. The predicted octanol–water partition coefficient (Wildman–Crippen LogP) is 1.67. The summed E-state index contributed by atoms with van der Waals surface area (Å²) >= 11 is 0. The van der Waals surface area contributed by atoms with Gasteiger partial charge in [0.05, 0.1) is 6.10 Å². The van der Waals surface area contributed by atoms with Gasteiger partial charge in [-0.15, -0.1) is 0 Å². The molecule has 3 rings (SSSR count). The number of rotatable bonds is 5. The van der Waals surface area contributed by atoms with Crippen molar-refractivity contribution in [3.63, 3.8) is 0 Å². The maximum atomic E-state index is 12.8. The zero-order valence-electron chi connectivity index (χ0n) is 14.1. The molecule has 2 heterocycles. The zero-order chi connectivity index (χ0) is 16.9. The summed E-state index contributed by atoms with van der Waals surface area (Å²) in [7, 11) is 0. The number of carbonyl (C=O) groups excluding carboxylic acids is 1. The van der Waals surface area contributed by atoms with Crippen molar-refractivity contribution < 1.29 is 9.90 Å². The fraction of sp³-hybridized carbons (Fsp3) is 0.421. The summed E-state index contributed by atoms with van der Waals surface area (Å²) in [5.74, 6) is 0.0904. The van der Waals surface area contributed by atoms with Crippen LogP contribution in [0.15, 0.2) is 48.7 Å². The number of aromatic nitrogens is 1. The highest BCUT2D eigenvalue weighted by atomic mass is 16.3. The van der Waals surface area contributed by atoms with E-state index in [9.17, 15) is 9.90 Å². The van der Waals surface area contributed by atoms with Crippen molar-refractivity contribution in [2.75, 3.05) is 32.7 Å². The molecule has 1 saturated heterocycles. The van der Waals surface area contributed by atoms with Crippen LogP contribution in [-0.4, -0.2) is 64.2 Å². The van der Waals surface area contributed by atoms with Gasteiger partial charge in [-0.2, -0.15) is 0 Å². The first-order valence-electron chi connectivity index (χ1n) is 8.52. The van der Waals surface area contributed by atoms with Crippen LogP contribution >= 0.6 is 0 Å². The van der Waals surface area contributed by atoms with Crippen molar-refractivity contribution in [1.82, 2.24) is 14.4 Å². The topological polar surface area (TPSA) is 48.7 Å². The number of carbonyl (C=O) groups is 1. The highest BCUT2D eigenvalue weighted by Crippen LogP contribution is 2.12. The van der Waals surface area contributed by atoms with Crippen LogP contribution in [0.2, 0.25) is 0 Å². The molecule has 1 fully saturated rings. The number of hydrogen-bond donors (Lipinski definition) is 1. The summed E-state index contributed by atoms with van der Waals surface area (Å²) in [5, 5.41) is 9.48. The third kappa shape index (κ3) is 4.04. The fourth-order valence-corrected chi connectivity index (χ4v) is 3.20. The summed E-state index contributed by atoms with van der Waals surface area (Å²) in [6, 6.07) is 14.0. The van der Waals surface area contributed by atoms with Gasteiger partial charge in [-0.3, -0.25) is 9.69 Å². The minimum absolute atomic E-state index is 0.0904. The lowest BCUT2D eigenvalue weighted by molar-refractivity contribution is 0.0545. The van der Waals surface area contributed by atoms with E-state index in [1.54, 1.807) is 6.92 Å². The molecule has 1 aliphatic rings. The SMILES string of the molecule is C[C@H](O)CN1CCN(C(=O)c2cccn2Cc2ccccc2)CC1. The fourth-order valence-electron chi connectivity index (χ4n) is 3.20. The van der Waals surface area contributed by atoms with E-state index in [0.717, 1.165) is 18.8 Å². The molecular weight excluding hydrogens is 302 g/mol. The van der Waals surface area contributed by atoms with Gasteiger partial charge >= 0.3 is 0 Å². The standard InChI is InChI=1S/C19H25N3O2/c1-16(23)14-20-10-12-21(13-11-20)19(24)18-8-5-9-22(18)15-17-6-3-2-4-7-17/h2-9,16,23H,10-15H2,1H3/t16-/m0/s1. The van der Waals surface area contributed by atoms with Gasteiger partial charge in [0.1, 0.15) is 5.69 Å². The monoisotopic (exact) mass is 327 g/mol. The lowest BCUT2D eigenvalue weighted by atomic mass is 10.2. The van der Waals surface area contributed by atoms with Crippen molar-refractivity contribution in [3.8, 4) is 0 Å². The molecule has 0 bridgehead atoms. The molecule has 5 heteroatoms. The predicted molar refractivity (Wildman–Crippen MR) is 94.0 cm³/mol. The van der Waals surface area contributed by atoms with Crippen LogP contribution < -0.4 is 0 Å². The number of hydrogen-bond acceptors (Lipinski definition) is 3. The lowest BCUT2D eigenvalue weighted by Gasteiger charge is -2.35. The van der Waals surface area contributed by atoms with Gasteiger partial charge < -0.3 is 14.6 Å². The molecule has 5 nitrogen and oxygen atoms in total. The maximum Gasteiger partial charge on any atom is 0.270 e. The average Bonchev–Trinajstić information content (AvgIpc) is 3.03. The number of nitrogens with zero attached hydrogens (tertiary/aromatic N) is 3. The van der Waals surface area contributed by atoms with E-state index in [-0.39, 0.29) is 12.0 Å². The van der Waals surface area contributed by atoms with E-state index < -0.39 is 0 Å². The molecule has 1 aliphatic heterocycles. The maximum absolute atomic E-state index is 12.8. The zero-order valence-corrected chi connectivity index (χ0v) is 14.1. The highest BCUT2D eigenvalue weighted by Gasteiger charge is 2.24. The van der Waals surface area contributed by atoms with Gasteiger partial charge in [0.15, 0.2) is 0 Å². The summed E-state index contributed by atoms with van der Waals surface area (Å²) < 4.78 is 2.01. The number of β-amino-alcohol motifs (C(OH)–C–C–N with tert-alkyl or cyclic N) is 1. The van der Waals surface area contributed by atoms with Crippen molar-refractivity contribution in [2.24, 2.45) is 0 Å². The third-order valence-corrected chi connectivity index (χ3v) is 4.43. The molecule has 2 aromatic rings. The number of aliphatic hydroxyl groups is 1. The molecule has 0 unspecified atom stereocenters. The van der Waals surface area contributed by atoms with E-state index in [0.29, 0.717) is 26.2 Å². The van der Waals surface area contributed by atoms with Crippen LogP contribution in [0.1, 0.15) is 23.0 Å². The lowest BCUT2D eigenvalue weighted by Crippen LogP contribution is -2.50. The van der Waals surface area contributed by atoms with Gasteiger partial charge in [-0.05, 0) is 24.6 Å². The molecule has 0 spiro atoms. The molecule has 0 radical (unpaired) electrons. The van der Waals surface area contributed by atoms with Crippen LogP contribution in [-0.2, 0) is 6.54 Å². The number of amides is 1. The van der Waals surface area contributed by atoms with Gasteiger partial charge in [0.25, 0.3) is 5.91 Å². The van der Waals surface area contributed by atoms with Gasteiger partial charge in [0.2, 0.25) is 0 Å². The third-order valence-electron chi connectivity index (χ3n) is 4.43. The highest BCUT2D eigenvalue weighted by molar-refractivity contribution is 5.92. The van der Waals surface area contributed by atoms with Crippen molar-refractivity contribution in [2.45, 2.75) is 19.6 Å². The molecule has 1 aromatic carbocycles. The van der Waals surface area contributed by atoms with Crippen molar-refractivity contribution >= 4 is 5.91 Å². The second-order valence-corrected chi connectivity index (χ2v) is 6.45. The summed E-state index contributed by atoms with van der Waals surface area (Å²) in [5.41, 5.74) is 1.92. The molecule has 0 saturated carbocycles. The molecule has 1 aromatic heterocycles. The molecule has 0 aliphatic carbocycles. The normalized spacial score (nSPS) is 17.0. The van der Waals surface area contributed by atoms with E-state index in [1.165, 1.54) is 5.56 Å². The molecule has 1 atom stereocenters. The molecular formula is C19H25N3O2. The first kappa shape index (κ1) is 16.7. The van der Waals surface area contributed by atoms with Crippen LogP contribution in [0.5, 0.6) is 0 Å². The number of benzene rings is 1. The van der Waals surface area contributed by atoms with E-state index in [2.05, 4.69) is 17.0 Å². The Bertz CT molecular complexity index is 658. The second-order valence-electron chi connectivity index (χ2n) is 6.45. The summed E-state index contributed by atoms with van der Waals surface area (Å²) in [4.78, 5) is 17.0. The summed E-state index contributed by atoms with van der Waals surface area (Å²) in [6.07, 6.45) is 1.64. The first-order chi connectivity index (χ1) is 11.6. The molecule has 24 heavy (non-hydrogen) atoms. The average molecular weight is 327 g/mol. The minimum Gasteiger partial charge on any atom is -0.392 e. The van der Waals surface area contributed by atoms with Gasteiger partial charge in [-0.25, -0.2) is 0 Å². The molecule has 128 valence electrons. The number of piperazine rings is 1. The van der Waals surface area contributed by atoms with Gasteiger partial charge in [0, 0.05) is 45.5 Å². The quantitative estimate of drug-likeness (QED) is 0.909. The van der Waals surface area contributed by atoms with Crippen LogP contribution in [0.4, 0.5) is 0 Å². The van der Waals surface area contributed by atoms with Crippen LogP contribution in [0.3, 0.4) is 0 Å². The smallest absolute Gasteiger partial charge is 0.270 e. The number of aliphatic hydroxyl groups excluding tert-OH is 1. The summed E-state index contributed by atoms with van der Waals surface area (Å²) in [6.45, 7) is 6.23. The van der Waals surface area contributed by atoms with Crippen LogP contribution in [0.25, 0.3) is 0 Å². The largest absolute Gasteiger partial charge is 0.392 e. The van der Waals surface area contributed by atoms with E-state index >= 15 is 0 Å². The Balaban J connectivity index is 1.63. The Morgan fingerprint density at radius 2 is 1.79 bits per heavy atom. The first-order valence-corrected chi connectivity index (χ1v) is 8.52. The minimum atomic E-state index is -0.324. The Hall–Kier alpha value is -2.11. The molecule has 1 amide bonds. The van der Waals surface area contributed by atoms with Crippen LogP contribution in [0, 0.1) is 0 Å². The Labute approximate surface area is 143 Å². The molecule has 1 N–H and O–H groups in total. The van der Waals surface area contributed by atoms with E-state index in [1.807, 2.05) is 46.0 Å². The Kier molecular flexibility index (Phi) is 5.33. The van der Waals surface area contributed by atoms with Crippen molar-refractivity contribution in [1.29, 1.82) is 0 Å². The van der Waals surface area contributed by atoms with Crippen molar-refractivity contribution in [3.05, 3.63) is 59.9 Å². The Morgan fingerprint density at radius 1 is 1.08 bits per heavy atom. The van der Waals surface area contributed by atoms with E-state index in [4.69, 9.17) is 0 Å². The second kappa shape index (κ2) is 7.64.